The minimum absolute atomic E-state index is 0.0201. The maximum Gasteiger partial charge on any atom is 0.340 e. The molecule has 2 rings (SSSR count). The number of ether oxygens (including phenoxy) is 2. The van der Waals surface area contributed by atoms with Crippen LogP contribution in [0.15, 0.2) is 42.5 Å². The molecule has 0 unspecified atom stereocenters. The fraction of sp³-hybridized carbons (Fsp3) is 0.353. The molecule has 1 N–H and O–H groups in total. The van der Waals surface area contributed by atoms with E-state index in [1.807, 2.05) is 6.07 Å². The van der Waals surface area contributed by atoms with E-state index in [1.165, 1.54) is 12.2 Å². The van der Waals surface area contributed by atoms with Gasteiger partial charge < -0.3 is 14.6 Å². The molecule has 0 radical (unpaired) electrons. The number of aliphatic hydroxyl groups is 1. The summed E-state index contributed by atoms with van der Waals surface area (Å²) in [5, 5.41) is 10.3. The quantitative estimate of drug-likeness (QED) is 0.394. The van der Waals surface area contributed by atoms with Crippen molar-refractivity contribution in [1.29, 1.82) is 0 Å². The molecule has 1 aromatic rings. The first-order valence-electron chi connectivity index (χ1n) is 7.11. The van der Waals surface area contributed by atoms with Crippen molar-refractivity contribution in [1.82, 2.24) is 0 Å². The van der Waals surface area contributed by atoms with Crippen LogP contribution >= 0.6 is 0 Å². The van der Waals surface area contributed by atoms with Crippen molar-refractivity contribution >= 4 is 14.0 Å². The van der Waals surface area contributed by atoms with Gasteiger partial charge in [-0.1, -0.05) is 43.8 Å². The SMILES string of the molecule is C[Si](C)(C)C#C[C@]1(O)C=C[C@@H](OC(=O)c2ccccc2)OC1. The Bertz CT molecular complexity index is 622. The molecule has 4 nitrogen and oxygen atoms in total. The summed E-state index contributed by atoms with van der Waals surface area (Å²) in [6.45, 7) is 6.28. The second kappa shape index (κ2) is 6.49. The number of carbonyl (C=O) groups is 1. The molecule has 0 spiro atoms. The largest absolute Gasteiger partial charge is 0.428 e. The van der Waals surface area contributed by atoms with Gasteiger partial charge in [-0.25, -0.2) is 4.79 Å². The Morgan fingerprint density at radius 3 is 2.59 bits per heavy atom. The van der Waals surface area contributed by atoms with Crippen LogP contribution in [0.4, 0.5) is 0 Å². The third-order valence-corrected chi connectivity index (χ3v) is 3.76. The van der Waals surface area contributed by atoms with Crippen molar-refractivity contribution in [3.63, 3.8) is 0 Å². The second-order valence-electron chi connectivity index (χ2n) is 6.23. The van der Waals surface area contributed by atoms with Crippen molar-refractivity contribution < 1.29 is 19.4 Å². The molecular formula is C17H20O4Si. The van der Waals surface area contributed by atoms with E-state index < -0.39 is 25.9 Å². The number of benzene rings is 1. The molecule has 0 saturated heterocycles. The predicted octanol–water partition coefficient (Wildman–Crippen LogP) is 2.37. The van der Waals surface area contributed by atoms with E-state index in [1.54, 1.807) is 24.3 Å². The van der Waals surface area contributed by atoms with E-state index in [9.17, 15) is 9.90 Å². The fourth-order valence-electron chi connectivity index (χ4n) is 1.75. The highest BCUT2D eigenvalue weighted by Crippen LogP contribution is 2.17. The van der Waals surface area contributed by atoms with Crippen molar-refractivity contribution in [2.45, 2.75) is 31.5 Å². The fourth-order valence-corrected chi connectivity index (χ4v) is 2.34. The summed E-state index contributed by atoms with van der Waals surface area (Å²) in [6.07, 6.45) is 2.25. The molecule has 0 bridgehead atoms. The highest BCUT2D eigenvalue weighted by molar-refractivity contribution is 6.83. The van der Waals surface area contributed by atoms with Crippen LogP contribution in [0.25, 0.3) is 0 Å². The zero-order valence-electron chi connectivity index (χ0n) is 13.0. The lowest BCUT2D eigenvalue weighted by atomic mass is 10.0. The number of carbonyl (C=O) groups excluding carboxylic acids is 1. The van der Waals surface area contributed by atoms with Gasteiger partial charge >= 0.3 is 5.97 Å². The zero-order valence-corrected chi connectivity index (χ0v) is 14.0. The van der Waals surface area contributed by atoms with E-state index >= 15 is 0 Å². The van der Waals surface area contributed by atoms with Crippen molar-refractivity contribution in [2.24, 2.45) is 0 Å². The third kappa shape index (κ3) is 4.85. The lowest BCUT2D eigenvalue weighted by molar-refractivity contribution is -0.117. The first-order valence-corrected chi connectivity index (χ1v) is 10.6. The summed E-state index contributed by atoms with van der Waals surface area (Å²) >= 11 is 0. The van der Waals surface area contributed by atoms with E-state index in [2.05, 4.69) is 31.1 Å². The molecule has 1 aliphatic rings. The monoisotopic (exact) mass is 316 g/mol. The van der Waals surface area contributed by atoms with Crippen molar-refractivity contribution in [2.75, 3.05) is 6.61 Å². The number of rotatable bonds is 2. The Kier molecular flexibility index (Phi) is 4.86. The van der Waals surface area contributed by atoms with Gasteiger partial charge in [-0.05, 0) is 24.3 Å². The molecule has 22 heavy (non-hydrogen) atoms. The lowest BCUT2D eigenvalue weighted by Gasteiger charge is -2.27. The number of hydrogen-bond donors (Lipinski definition) is 1. The van der Waals surface area contributed by atoms with E-state index in [4.69, 9.17) is 9.47 Å². The number of esters is 1. The van der Waals surface area contributed by atoms with E-state index in [-0.39, 0.29) is 6.61 Å². The highest BCUT2D eigenvalue weighted by atomic mass is 28.3. The molecule has 116 valence electrons. The summed E-state index contributed by atoms with van der Waals surface area (Å²) in [7, 11) is -1.57. The maximum atomic E-state index is 11.9. The van der Waals surface area contributed by atoms with Gasteiger partial charge in [0.15, 0.2) is 5.60 Å². The van der Waals surface area contributed by atoms with E-state index in [0.717, 1.165) is 0 Å². The Labute approximate surface area is 131 Å². The van der Waals surface area contributed by atoms with Crippen LogP contribution < -0.4 is 0 Å². The normalized spacial score (nSPS) is 24.3. The summed E-state index contributed by atoms with van der Waals surface area (Å²) in [6, 6.07) is 8.69. The van der Waals surface area contributed by atoms with Gasteiger partial charge in [0.1, 0.15) is 8.07 Å². The second-order valence-corrected chi connectivity index (χ2v) is 11.0. The van der Waals surface area contributed by atoms with Crippen LogP contribution in [0.3, 0.4) is 0 Å². The minimum atomic E-state index is -1.57. The van der Waals surface area contributed by atoms with E-state index in [0.29, 0.717) is 5.56 Å². The topological polar surface area (TPSA) is 55.8 Å². The molecule has 0 aliphatic carbocycles. The molecule has 0 amide bonds. The smallest absolute Gasteiger partial charge is 0.340 e. The lowest BCUT2D eigenvalue weighted by Crippen LogP contribution is -2.38. The average molecular weight is 316 g/mol. The minimum Gasteiger partial charge on any atom is -0.428 e. The van der Waals surface area contributed by atoms with Gasteiger partial charge in [0.05, 0.1) is 12.2 Å². The van der Waals surface area contributed by atoms with Crippen LogP contribution in [0.5, 0.6) is 0 Å². The molecule has 0 fully saturated rings. The average Bonchev–Trinajstić information content (AvgIpc) is 2.48. The van der Waals surface area contributed by atoms with Gasteiger partial charge in [-0.3, -0.25) is 0 Å². The molecule has 1 heterocycles. The molecule has 0 saturated carbocycles. The van der Waals surface area contributed by atoms with Crippen LogP contribution in [0.1, 0.15) is 10.4 Å². The summed E-state index contributed by atoms with van der Waals surface area (Å²) < 4.78 is 10.6. The summed E-state index contributed by atoms with van der Waals surface area (Å²) in [4.78, 5) is 11.9. The molecule has 1 aliphatic heterocycles. The standard InChI is InChI=1S/C17H20O4Si/c1-22(2,3)12-11-17(19)10-9-15(20-13-17)21-16(18)14-7-5-4-6-8-14/h4-10,15,19H,13H2,1-3H3/t15-,17-/m1/s1. The van der Waals surface area contributed by atoms with Gasteiger partial charge in [-0.2, -0.15) is 0 Å². The van der Waals surface area contributed by atoms with Crippen LogP contribution in [0, 0.1) is 11.5 Å². The Hall–Kier alpha value is -1.87. The maximum absolute atomic E-state index is 11.9. The van der Waals surface area contributed by atoms with Crippen LogP contribution in [-0.2, 0) is 9.47 Å². The molecular weight excluding hydrogens is 296 g/mol. The van der Waals surface area contributed by atoms with Crippen molar-refractivity contribution in [3.8, 4) is 11.5 Å². The third-order valence-electron chi connectivity index (χ3n) is 2.88. The highest BCUT2D eigenvalue weighted by Gasteiger charge is 2.29. The van der Waals surface area contributed by atoms with Gasteiger partial charge in [-0.15, -0.1) is 5.54 Å². The zero-order chi connectivity index (χ0) is 16.2. The number of hydrogen-bond acceptors (Lipinski definition) is 4. The van der Waals surface area contributed by atoms with Gasteiger partial charge in [0.25, 0.3) is 0 Å². The Morgan fingerprint density at radius 2 is 2.05 bits per heavy atom. The molecule has 0 aromatic heterocycles. The Morgan fingerprint density at radius 1 is 1.36 bits per heavy atom. The first-order chi connectivity index (χ1) is 10.3. The predicted molar refractivity (Wildman–Crippen MR) is 86.8 cm³/mol. The molecule has 5 heteroatoms. The Balaban J connectivity index is 1.99. The van der Waals surface area contributed by atoms with Crippen LogP contribution in [0.2, 0.25) is 19.6 Å². The van der Waals surface area contributed by atoms with Crippen LogP contribution in [-0.4, -0.2) is 37.6 Å². The first kappa shape index (κ1) is 16.5. The molecule has 2 atom stereocenters. The van der Waals surface area contributed by atoms with Gasteiger partial charge in [0.2, 0.25) is 6.29 Å². The molecule has 1 aromatic carbocycles. The van der Waals surface area contributed by atoms with Crippen molar-refractivity contribution in [3.05, 3.63) is 48.0 Å². The van der Waals surface area contributed by atoms with Gasteiger partial charge in [0, 0.05) is 0 Å². The summed E-state index contributed by atoms with van der Waals surface area (Å²) in [5.41, 5.74) is 2.26. The summed E-state index contributed by atoms with van der Waals surface area (Å²) in [5.74, 6) is 2.39.